The molecule has 0 aromatic carbocycles. The Morgan fingerprint density at radius 1 is 0.923 bits per heavy atom. The summed E-state index contributed by atoms with van der Waals surface area (Å²) in [5.41, 5.74) is 0. The first-order valence-electron chi connectivity index (χ1n) is 5.98. The molecule has 0 aliphatic heterocycles. The fourth-order valence-corrected chi connectivity index (χ4v) is 5.27. The predicted molar refractivity (Wildman–Crippen MR) is 63.6 cm³/mol. The molecular weight excluding hydrogens is 263 g/mol. The third-order valence-electron chi connectivity index (χ3n) is 2.34. The monoisotopic (exact) mass is 290 g/mol. The van der Waals surface area contributed by atoms with E-state index < -0.39 is 0 Å². The van der Waals surface area contributed by atoms with Crippen LogP contribution in [0.4, 0.5) is 0 Å². The Kier molecular flexibility index (Phi) is 11.5. The number of rotatable bonds is 9. The molecule has 0 nitrogen and oxygen atoms in total. The van der Waals surface area contributed by atoms with Gasteiger partial charge in [0, 0.05) is 0 Å². The minimum atomic E-state index is 0.103. The molecule has 0 rings (SSSR count). The standard InChI is InChI=1S/C8H17.C4H9.Sn/c1-4-5-6-7-8(2)3;1-3-4-2;/h8H,1,4-7H2,2-3H3;1,3-4H2,2H3;. The molecule has 0 aromatic rings. The van der Waals surface area contributed by atoms with E-state index in [-0.39, 0.29) is 21.1 Å². The average molecular weight is 289 g/mol. The fourth-order valence-electron chi connectivity index (χ4n) is 1.41. The minimum absolute atomic E-state index is 0.103. The van der Waals surface area contributed by atoms with Gasteiger partial charge in [0.2, 0.25) is 0 Å². The van der Waals surface area contributed by atoms with Crippen molar-refractivity contribution in [1.29, 1.82) is 0 Å². The molecule has 0 fully saturated rings. The SMILES string of the molecule is CCC[CH2][Sn][CH2]CCCCC(C)C. The zero-order valence-electron chi connectivity index (χ0n) is 9.73. The van der Waals surface area contributed by atoms with Gasteiger partial charge < -0.3 is 0 Å². The van der Waals surface area contributed by atoms with Crippen molar-refractivity contribution in [1.82, 2.24) is 0 Å². The second kappa shape index (κ2) is 10.9. The topological polar surface area (TPSA) is 0 Å². The molecule has 78 valence electrons. The molecule has 0 heterocycles. The molecule has 0 aromatic heterocycles. The van der Waals surface area contributed by atoms with Crippen LogP contribution >= 0.6 is 0 Å². The van der Waals surface area contributed by atoms with E-state index in [9.17, 15) is 0 Å². The van der Waals surface area contributed by atoms with Gasteiger partial charge in [0.25, 0.3) is 0 Å². The van der Waals surface area contributed by atoms with Crippen LogP contribution in [0, 0.1) is 5.92 Å². The second-order valence-corrected chi connectivity index (χ2v) is 8.63. The summed E-state index contributed by atoms with van der Waals surface area (Å²) >= 11 is 0.103. The van der Waals surface area contributed by atoms with Crippen molar-refractivity contribution < 1.29 is 0 Å². The molecule has 0 atom stereocenters. The first-order valence-corrected chi connectivity index (χ1v) is 10.0. The van der Waals surface area contributed by atoms with E-state index in [0.29, 0.717) is 0 Å². The summed E-state index contributed by atoms with van der Waals surface area (Å²) in [4.78, 5) is 0. The van der Waals surface area contributed by atoms with Crippen molar-refractivity contribution in [3.8, 4) is 0 Å². The molecule has 13 heavy (non-hydrogen) atoms. The molecule has 0 bridgehead atoms. The van der Waals surface area contributed by atoms with Gasteiger partial charge in [-0.1, -0.05) is 0 Å². The van der Waals surface area contributed by atoms with E-state index in [0.717, 1.165) is 5.92 Å². The molecule has 0 unspecified atom stereocenters. The van der Waals surface area contributed by atoms with E-state index in [1.807, 2.05) is 0 Å². The summed E-state index contributed by atoms with van der Waals surface area (Å²) in [7, 11) is 0. The molecule has 0 saturated heterocycles. The van der Waals surface area contributed by atoms with Crippen LogP contribution in [-0.4, -0.2) is 21.1 Å². The second-order valence-electron chi connectivity index (χ2n) is 4.35. The number of hydrogen-bond donors (Lipinski definition) is 0. The van der Waals surface area contributed by atoms with Crippen molar-refractivity contribution >= 4 is 21.1 Å². The number of hydrogen-bond acceptors (Lipinski definition) is 0. The van der Waals surface area contributed by atoms with E-state index in [4.69, 9.17) is 0 Å². The molecule has 0 N–H and O–H groups in total. The summed E-state index contributed by atoms with van der Waals surface area (Å²) in [6.45, 7) is 6.97. The van der Waals surface area contributed by atoms with E-state index in [1.165, 1.54) is 32.1 Å². The van der Waals surface area contributed by atoms with Gasteiger partial charge >= 0.3 is 95.2 Å². The third-order valence-corrected chi connectivity index (χ3v) is 6.38. The Bertz CT molecular complexity index is 89.1. The zero-order chi connectivity index (χ0) is 9.94. The predicted octanol–water partition coefficient (Wildman–Crippen LogP) is 4.54. The number of unbranched alkanes of at least 4 members (excludes halogenated alkanes) is 3. The summed E-state index contributed by atoms with van der Waals surface area (Å²) in [5, 5.41) is 0. The van der Waals surface area contributed by atoms with E-state index in [2.05, 4.69) is 20.8 Å². The van der Waals surface area contributed by atoms with Gasteiger partial charge in [0.1, 0.15) is 0 Å². The van der Waals surface area contributed by atoms with Crippen molar-refractivity contribution in [2.24, 2.45) is 5.92 Å². The van der Waals surface area contributed by atoms with Crippen LogP contribution in [0.5, 0.6) is 0 Å². The Balaban J connectivity index is 2.84. The van der Waals surface area contributed by atoms with Crippen LogP contribution in [0.25, 0.3) is 0 Å². The molecule has 0 amide bonds. The van der Waals surface area contributed by atoms with Gasteiger partial charge in [0.05, 0.1) is 0 Å². The Labute approximate surface area is 95.1 Å². The summed E-state index contributed by atoms with van der Waals surface area (Å²) < 4.78 is 3.27. The zero-order valence-corrected chi connectivity index (χ0v) is 12.6. The molecule has 0 aliphatic carbocycles. The van der Waals surface area contributed by atoms with Gasteiger partial charge in [-0.15, -0.1) is 0 Å². The average Bonchev–Trinajstić information content (AvgIpc) is 2.09. The molecule has 1 heteroatoms. The molecule has 0 aliphatic rings. The Hall–Kier alpha value is 0.799. The maximum absolute atomic E-state index is 2.33. The summed E-state index contributed by atoms with van der Waals surface area (Å²) in [6.07, 6.45) is 8.89. The maximum atomic E-state index is 2.33. The van der Waals surface area contributed by atoms with Crippen LogP contribution in [-0.2, 0) is 0 Å². The van der Waals surface area contributed by atoms with Crippen LogP contribution in [0.15, 0.2) is 0 Å². The van der Waals surface area contributed by atoms with Crippen molar-refractivity contribution in [2.45, 2.75) is 68.2 Å². The molecule has 0 spiro atoms. The normalized spacial score (nSPS) is 11.1. The van der Waals surface area contributed by atoms with Gasteiger partial charge in [-0.3, -0.25) is 0 Å². The molecule has 2 radical (unpaired) electrons. The van der Waals surface area contributed by atoms with E-state index in [1.54, 1.807) is 15.3 Å². The Morgan fingerprint density at radius 2 is 1.62 bits per heavy atom. The summed E-state index contributed by atoms with van der Waals surface area (Å²) in [5.74, 6) is 0.917. The molecular formula is C12H26Sn. The van der Waals surface area contributed by atoms with Crippen LogP contribution in [0.1, 0.15) is 59.3 Å². The molecule has 0 saturated carbocycles. The fraction of sp³-hybridized carbons (Fsp3) is 1.00. The van der Waals surface area contributed by atoms with E-state index >= 15 is 0 Å². The van der Waals surface area contributed by atoms with Gasteiger partial charge in [-0.05, 0) is 0 Å². The van der Waals surface area contributed by atoms with Crippen LogP contribution < -0.4 is 0 Å². The Morgan fingerprint density at radius 3 is 2.23 bits per heavy atom. The first kappa shape index (κ1) is 13.8. The van der Waals surface area contributed by atoms with Crippen molar-refractivity contribution in [2.75, 3.05) is 0 Å². The van der Waals surface area contributed by atoms with Crippen LogP contribution in [0.3, 0.4) is 0 Å². The van der Waals surface area contributed by atoms with Crippen LogP contribution in [0.2, 0.25) is 8.87 Å². The van der Waals surface area contributed by atoms with Gasteiger partial charge in [0.15, 0.2) is 0 Å². The first-order chi connectivity index (χ1) is 6.27. The van der Waals surface area contributed by atoms with Gasteiger partial charge in [-0.25, -0.2) is 0 Å². The van der Waals surface area contributed by atoms with Gasteiger partial charge in [-0.2, -0.15) is 0 Å². The third kappa shape index (κ3) is 12.8. The van der Waals surface area contributed by atoms with Crippen molar-refractivity contribution in [3.63, 3.8) is 0 Å². The van der Waals surface area contributed by atoms with Crippen molar-refractivity contribution in [3.05, 3.63) is 0 Å². The quantitative estimate of drug-likeness (QED) is 0.431. The summed E-state index contributed by atoms with van der Waals surface area (Å²) in [6, 6.07) is 0.